The monoisotopic (exact) mass is 395 g/mol. The van der Waals surface area contributed by atoms with Gasteiger partial charge in [0.1, 0.15) is 11.3 Å². The minimum atomic E-state index is -0.574. The summed E-state index contributed by atoms with van der Waals surface area (Å²) in [6.07, 6.45) is 5.79. The second-order valence-electron chi connectivity index (χ2n) is 6.93. The molecule has 1 aromatic heterocycles. The maximum atomic E-state index is 12.5. The van der Waals surface area contributed by atoms with Gasteiger partial charge in [-0.15, -0.1) is 0 Å². The van der Waals surface area contributed by atoms with Crippen LogP contribution >= 0.6 is 23.2 Å². The minimum Gasteiger partial charge on any atom is -0.482 e. The van der Waals surface area contributed by atoms with Gasteiger partial charge in [0.25, 0.3) is 5.91 Å². The molecule has 0 saturated heterocycles. The average Bonchev–Trinajstić information content (AvgIpc) is 3.16. The molecule has 1 aromatic carbocycles. The van der Waals surface area contributed by atoms with E-state index in [1.807, 2.05) is 0 Å². The van der Waals surface area contributed by atoms with E-state index < -0.39 is 5.54 Å². The van der Waals surface area contributed by atoms with Gasteiger partial charge in [-0.2, -0.15) is 4.98 Å². The van der Waals surface area contributed by atoms with Crippen molar-refractivity contribution in [2.75, 3.05) is 6.61 Å². The van der Waals surface area contributed by atoms with Gasteiger partial charge in [0.15, 0.2) is 12.4 Å². The van der Waals surface area contributed by atoms with Crippen LogP contribution in [0.4, 0.5) is 0 Å². The highest BCUT2D eigenvalue weighted by Crippen LogP contribution is 2.42. The fourth-order valence-electron chi connectivity index (χ4n) is 3.34. The third kappa shape index (κ3) is 3.67. The lowest BCUT2D eigenvalue weighted by Gasteiger charge is -2.26. The van der Waals surface area contributed by atoms with Gasteiger partial charge >= 0.3 is 0 Å². The molecule has 2 saturated carbocycles. The molecule has 4 rings (SSSR count). The van der Waals surface area contributed by atoms with Crippen LogP contribution in [0.5, 0.6) is 5.75 Å². The van der Waals surface area contributed by atoms with Gasteiger partial charge in [-0.3, -0.25) is 4.79 Å². The molecule has 6 nitrogen and oxygen atoms in total. The van der Waals surface area contributed by atoms with E-state index in [1.54, 1.807) is 18.2 Å². The van der Waals surface area contributed by atoms with E-state index in [0.717, 1.165) is 38.5 Å². The third-order valence-corrected chi connectivity index (χ3v) is 5.43. The van der Waals surface area contributed by atoms with Gasteiger partial charge in [-0.25, -0.2) is 0 Å². The molecule has 2 aliphatic rings. The first-order valence-corrected chi connectivity index (χ1v) is 9.54. The molecule has 8 heteroatoms. The zero-order chi connectivity index (χ0) is 18.1. The maximum absolute atomic E-state index is 12.5. The Balaban J connectivity index is 1.44. The fraction of sp³-hybridized carbons (Fsp3) is 0.500. The van der Waals surface area contributed by atoms with Gasteiger partial charge in [-0.05, 0) is 37.8 Å². The molecule has 0 unspecified atom stereocenters. The lowest BCUT2D eigenvalue weighted by molar-refractivity contribution is -0.125. The number of carbonyl (C=O) groups is 1. The van der Waals surface area contributed by atoms with Crippen molar-refractivity contribution in [1.82, 2.24) is 15.5 Å². The predicted octanol–water partition coefficient (Wildman–Crippen LogP) is 4.22. The number of halogens is 2. The largest absolute Gasteiger partial charge is 0.482 e. The molecule has 138 valence electrons. The number of benzene rings is 1. The fourth-order valence-corrected chi connectivity index (χ4v) is 3.68. The Morgan fingerprint density at radius 3 is 2.81 bits per heavy atom. The molecular weight excluding hydrogens is 377 g/mol. The van der Waals surface area contributed by atoms with Crippen LogP contribution in [-0.4, -0.2) is 22.7 Å². The Labute approximate surface area is 161 Å². The van der Waals surface area contributed by atoms with Gasteiger partial charge in [-0.1, -0.05) is 41.2 Å². The minimum absolute atomic E-state index is 0.158. The van der Waals surface area contributed by atoms with Crippen LogP contribution < -0.4 is 10.1 Å². The molecule has 1 amide bonds. The molecular formula is C18H19Cl2N3O3. The summed E-state index contributed by atoms with van der Waals surface area (Å²) in [7, 11) is 0. The number of nitrogens with zero attached hydrogens (tertiary/aromatic N) is 2. The van der Waals surface area contributed by atoms with Gasteiger partial charge in [0.05, 0.1) is 5.02 Å². The van der Waals surface area contributed by atoms with Crippen LogP contribution in [0.2, 0.25) is 10.0 Å². The van der Waals surface area contributed by atoms with Gasteiger partial charge in [0, 0.05) is 17.0 Å². The number of amides is 1. The highest BCUT2D eigenvalue weighted by atomic mass is 35.5. The van der Waals surface area contributed by atoms with Crippen LogP contribution in [0.1, 0.15) is 56.2 Å². The van der Waals surface area contributed by atoms with Crippen molar-refractivity contribution >= 4 is 29.1 Å². The van der Waals surface area contributed by atoms with E-state index in [4.69, 9.17) is 32.5 Å². The molecule has 1 heterocycles. The molecule has 0 radical (unpaired) electrons. The second-order valence-corrected chi connectivity index (χ2v) is 7.77. The van der Waals surface area contributed by atoms with E-state index >= 15 is 0 Å². The summed E-state index contributed by atoms with van der Waals surface area (Å²) < 4.78 is 10.9. The normalized spacial score (nSPS) is 18.7. The number of hydrogen-bond donors (Lipinski definition) is 1. The first kappa shape index (κ1) is 17.6. The third-order valence-electron chi connectivity index (χ3n) is 4.88. The van der Waals surface area contributed by atoms with Crippen LogP contribution in [0.3, 0.4) is 0 Å². The number of rotatable bonds is 6. The first-order chi connectivity index (χ1) is 12.6. The quantitative estimate of drug-likeness (QED) is 0.791. The topological polar surface area (TPSA) is 77.2 Å². The van der Waals surface area contributed by atoms with Crippen molar-refractivity contribution in [3.63, 3.8) is 0 Å². The lowest BCUT2D eigenvalue weighted by Crippen LogP contribution is -2.46. The smallest absolute Gasteiger partial charge is 0.258 e. The maximum Gasteiger partial charge on any atom is 0.258 e. The zero-order valence-electron chi connectivity index (χ0n) is 14.1. The summed E-state index contributed by atoms with van der Waals surface area (Å²) in [5.41, 5.74) is -0.574. The van der Waals surface area contributed by atoms with Crippen molar-refractivity contribution in [3.05, 3.63) is 40.0 Å². The standard InChI is InChI=1S/C18H19Cl2N3O3/c19-12-5-6-13(20)14(9-12)25-10-15(24)22-18(7-1-2-8-18)17-21-16(26-23-17)11-3-4-11/h5-6,9,11H,1-4,7-8,10H2,(H,22,24). The van der Waals surface area contributed by atoms with Crippen molar-refractivity contribution in [1.29, 1.82) is 0 Å². The lowest BCUT2D eigenvalue weighted by atomic mass is 9.96. The SMILES string of the molecule is O=C(COc1cc(Cl)ccc1Cl)NC1(c2noc(C3CC3)n2)CCCC1. The predicted molar refractivity (Wildman–Crippen MR) is 96.5 cm³/mol. The van der Waals surface area contributed by atoms with Crippen molar-refractivity contribution in [3.8, 4) is 5.75 Å². The van der Waals surface area contributed by atoms with Crippen LogP contribution in [0.25, 0.3) is 0 Å². The number of aromatic nitrogens is 2. The molecule has 2 aliphatic carbocycles. The van der Waals surface area contributed by atoms with Gasteiger partial charge in [0.2, 0.25) is 5.89 Å². The van der Waals surface area contributed by atoms with E-state index in [1.165, 1.54) is 0 Å². The van der Waals surface area contributed by atoms with Crippen molar-refractivity contribution in [2.24, 2.45) is 0 Å². The molecule has 1 N–H and O–H groups in total. The summed E-state index contributed by atoms with van der Waals surface area (Å²) in [5.74, 6) is 1.78. The summed E-state index contributed by atoms with van der Waals surface area (Å²) >= 11 is 12.0. The summed E-state index contributed by atoms with van der Waals surface area (Å²) in [6.45, 7) is -0.158. The molecule has 0 spiro atoms. The van der Waals surface area contributed by atoms with Crippen LogP contribution in [0, 0.1) is 0 Å². The Morgan fingerprint density at radius 1 is 1.31 bits per heavy atom. The Kier molecular flexibility index (Phi) is 4.80. The Morgan fingerprint density at radius 2 is 2.08 bits per heavy atom. The number of carbonyl (C=O) groups excluding carboxylic acids is 1. The number of nitrogens with one attached hydrogen (secondary N) is 1. The average molecular weight is 396 g/mol. The van der Waals surface area contributed by atoms with E-state index in [9.17, 15) is 4.79 Å². The van der Waals surface area contributed by atoms with Crippen LogP contribution in [0.15, 0.2) is 22.7 Å². The van der Waals surface area contributed by atoms with Crippen molar-refractivity contribution < 1.29 is 14.1 Å². The van der Waals surface area contributed by atoms with E-state index in [-0.39, 0.29) is 12.5 Å². The van der Waals surface area contributed by atoms with Crippen molar-refractivity contribution in [2.45, 2.75) is 50.0 Å². The Hall–Kier alpha value is -1.79. The Bertz CT molecular complexity index is 814. The molecule has 0 aliphatic heterocycles. The first-order valence-electron chi connectivity index (χ1n) is 8.79. The summed E-state index contributed by atoms with van der Waals surface area (Å²) in [6, 6.07) is 4.88. The summed E-state index contributed by atoms with van der Waals surface area (Å²) in [4.78, 5) is 17.1. The highest BCUT2D eigenvalue weighted by molar-refractivity contribution is 6.34. The number of hydrogen-bond acceptors (Lipinski definition) is 5. The van der Waals surface area contributed by atoms with E-state index in [0.29, 0.717) is 33.4 Å². The molecule has 0 bridgehead atoms. The van der Waals surface area contributed by atoms with Crippen LogP contribution in [-0.2, 0) is 10.3 Å². The van der Waals surface area contributed by atoms with Gasteiger partial charge < -0.3 is 14.6 Å². The molecule has 2 aromatic rings. The second kappa shape index (κ2) is 7.08. The zero-order valence-corrected chi connectivity index (χ0v) is 15.6. The molecule has 0 atom stereocenters. The molecule has 2 fully saturated rings. The highest BCUT2D eigenvalue weighted by Gasteiger charge is 2.42. The number of ether oxygens (including phenoxy) is 1. The summed E-state index contributed by atoms with van der Waals surface area (Å²) in [5, 5.41) is 8.11. The molecule has 26 heavy (non-hydrogen) atoms. The van der Waals surface area contributed by atoms with E-state index in [2.05, 4.69) is 15.5 Å².